The summed E-state index contributed by atoms with van der Waals surface area (Å²) in [5.41, 5.74) is 3.25. The maximum atomic E-state index is 13.1. The van der Waals surface area contributed by atoms with Gasteiger partial charge in [-0.2, -0.15) is 0 Å². The van der Waals surface area contributed by atoms with Crippen LogP contribution in [-0.4, -0.2) is 0 Å². The van der Waals surface area contributed by atoms with Crippen molar-refractivity contribution < 1.29 is 9.23 Å². The van der Waals surface area contributed by atoms with Crippen molar-refractivity contribution in [2.75, 3.05) is 5.06 Å². The smallest absolute Gasteiger partial charge is 0.155 e. The number of anilines is 1. The van der Waals surface area contributed by atoms with Crippen molar-refractivity contribution in [1.82, 2.24) is 0 Å². The molecular formula is C20H18FNO. The molecule has 0 aliphatic rings. The number of aryl methyl sites for hydroxylation is 1. The average molecular weight is 307 g/mol. The van der Waals surface area contributed by atoms with Gasteiger partial charge in [0, 0.05) is 0 Å². The molecule has 0 heterocycles. The van der Waals surface area contributed by atoms with E-state index in [0.29, 0.717) is 12.3 Å². The van der Waals surface area contributed by atoms with Crippen molar-refractivity contribution in [3.63, 3.8) is 0 Å². The average Bonchev–Trinajstić information content (AvgIpc) is 2.57. The molecule has 3 heteroatoms. The second kappa shape index (κ2) is 6.97. The maximum Gasteiger partial charge on any atom is 0.155 e. The molecule has 0 saturated carbocycles. The molecular weight excluding hydrogens is 289 g/mol. The summed E-state index contributed by atoms with van der Waals surface area (Å²) in [6.45, 7) is 2.64. The van der Waals surface area contributed by atoms with Gasteiger partial charge in [-0.15, -0.1) is 0 Å². The molecule has 0 unspecified atom stereocenters. The lowest BCUT2D eigenvalue weighted by atomic mass is 10.2. The number of nitrogens with zero attached hydrogens (tertiary/aromatic N) is 1. The molecule has 2 nitrogen and oxygen atoms in total. The van der Waals surface area contributed by atoms with E-state index in [4.69, 9.17) is 4.84 Å². The van der Waals surface area contributed by atoms with Gasteiger partial charge in [0.25, 0.3) is 0 Å². The molecule has 116 valence electrons. The molecule has 0 saturated heterocycles. The van der Waals surface area contributed by atoms with Crippen LogP contribution in [0.2, 0.25) is 0 Å². The first-order valence-corrected chi connectivity index (χ1v) is 7.52. The SMILES string of the molecule is Cc1cccc(N(Cc2ccccc2)Oc2ccc(F)cc2)c1. The summed E-state index contributed by atoms with van der Waals surface area (Å²) in [6, 6.07) is 24.2. The normalized spacial score (nSPS) is 10.3. The lowest BCUT2D eigenvalue weighted by Crippen LogP contribution is -2.26. The second-order valence-electron chi connectivity index (χ2n) is 5.41. The summed E-state index contributed by atoms with van der Waals surface area (Å²) in [5, 5.41) is 1.82. The molecule has 0 fully saturated rings. The van der Waals surface area contributed by atoms with Gasteiger partial charge in [-0.05, 0) is 54.4 Å². The van der Waals surface area contributed by atoms with E-state index in [1.165, 1.54) is 12.1 Å². The molecule has 23 heavy (non-hydrogen) atoms. The highest BCUT2D eigenvalue weighted by atomic mass is 19.1. The predicted molar refractivity (Wildman–Crippen MR) is 90.8 cm³/mol. The number of halogens is 1. The first-order valence-electron chi connectivity index (χ1n) is 7.52. The Labute approximate surface area is 135 Å². The van der Waals surface area contributed by atoms with Gasteiger partial charge in [0.1, 0.15) is 5.82 Å². The third kappa shape index (κ3) is 4.10. The summed E-state index contributed by atoms with van der Waals surface area (Å²) in [5.74, 6) is 0.325. The molecule has 3 aromatic rings. The molecule has 0 aliphatic heterocycles. The topological polar surface area (TPSA) is 12.5 Å². The Kier molecular flexibility index (Phi) is 4.57. The van der Waals surface area contributed by atoms with Crippen LogP contribution >= 0.6 is 0 Å². The van der Waals surface area contributed by atoms with Gasteiger partial charge in [-0.25, -0.2) is 9.45 Å². The van der Waals surface area contributed by atoms with Gasteiger partial charge in [0.15, 0.2) is 5.75 Å². The lowest BCUT2D eigenvalue weighted by molar-refractivity contribution is 0.274. The zero-order valence-corrected chi connectivity index (χ0v) is 12.9. The monoisotopic (exact) mass is 307 g/mol. The number of hydroxylamine groups is 1. The molecule has 0 spiro atoms. The van der Waals surface area contributed by atoms with Crippen molar-refractivity contribution in [1.29, 1.82) is 0 Å². The van der Waals surface area contributed by atoms with E-state index in [2.05, 4.69) is 18.2 Å². The minimum absolute atomic E-state index is 0.275. The Morgan fingerprint density at radius 3 is 2.30 bits per heavy atom. The summed E-state index contributed by atoms with van der Waals surface area (Å²) in [4.78, 5) is 5.98. The predicted octanol–water partition coefficient (Wildman–Crippen LogP) is 5.13. The van der Waals surface area contributed by atoms with Crippen LogP contribution in [0.15, 0.2) is 78.9 Å². The number of benzene rings is 3. The van der Waals surface area contributed by atoms with Gasteiger partial charge in [-0.3, -0.25) is 0 Å². The molecule has 0 radical (unpaired) electrons. The largest absolute Gasteiger partial charge is 0.379 e. The molecule has 3 aromatic carbocycles. The highest BCUT2D eigenvalue weighted by Gasteiger charge is 2.10. The van der Waals surface area contributed by atoms with Gasteiger partial charge in [-0.1, -0.05) is 42.5 Å². The van der Waals surface area contributed by atoms with Crippen LogP contribution in [0, 0.1) is 12.7 Å². The number of hydrogen-bond donors (Lipinski definition) is 0. The fourth-order valence-electron chi connectivity index (χ4n) is 2.33. The van der Waals surface area contributed by atoms with Crippen LogP contribution in [-0.2, 0) is 6.54 Å². The third-order valence-electron chi connectivity index (χ3n) is 3.49. The second-order valence-corrected chi connectivity index (χ2v) is 5.41. The van der Waals surface area contributed by atoms with E-state index < -0.39 is 0 Å². The van der Waals surface area contributed by atoms with E-state index in [0.717, 1.165) is 16.8 Å². The molecule has 0 atom stereocenters. The van der Waals surface area contributed by atoms with Crippen molar-refractivity contribution in [3.8, 4) is 5.75 Å². The lowest BCUT2D eigenvalue weighted by Gasteiger charge is -2.25. The van der Waals surface area contributed by atoms with Crippen LogP contribution in [0.1, 0.15) is 11.1 Å². The minimum Gasteiger partial charge on any atom is -0.379 e. The Morgan fingerprint density at radius 2 is 1.61 bits per heavy atom. The quantitative estimate of drug-likeness (QED) is 0.606. The maximum absolute atomic E-state index is 13.1. The fraction of sp³-hybridized carbons (Fsp3) is 0.100. The number of hydrogen-bond acceptors (Lipinski definition) is 2. The highest BCUT2D eigenvalue weighted by molar-refractivity contribution is 5.47. The van der Waals surface area contributed by atoms with E-state index in [1.54, 1.807) is 12.1 Å². The fourth-order valence-corrected chi connectivity index (χ4v) is 2.33. The van der Waals surface area contributed by atoms with Crippen LogP contribution in [0.5, 0.6) is 5.75 Å². The van der Waals surface area contributed by atoms with Crippen LogP contribution in [0.4, 0.5) is 10.1 Å². The number of rotatable bonds is 5. The molecule has 0 amide bonds. The van der Waals surface area contributed by atoms with Crippen molar-refractivity contribution in [3.05, 3.63) is 95.8 Å². The van der Waals surface area contributed by atoms with E-state index in [1.807, 2.05) is 48.4 Å². The minimum atomic E-state index is -0.275. The Hall–Kier alpha value is -2.81. The zero-order valence-electron chi connectivity index (χ0n) is 12.9. The summed E-state index contributed by atoms with van der Waals surface area (Å²) in [6.07, 6.45) is 0. The standard InChI is InChI=1S/C20H18FNO/c1-16-6-5-9-19(14-16)22(15-17-7-3-2-4-8-17)23-20-12-10-18(21)11-13-20/h2-14H,15H2,1H3. The molecule has 0 aromatic heterocycles. The first kappa shape index (κ1) is 15.1. The van der Waals surface area contributed by atoms with E-state index in [-0.39, 0.29) is 5.82 Å². The Bertz CT molecular complexity index is 756. The molecule has 0 bridgehead atoms. The van der Waals surface area contributed by atoms with Crippen molar-refractivity contribution in [2.45, 2.75) is 13.5 Å². The molecule has 0 N–H and O–H groups in total. The van der Waals surface area contributed by atoms with E-state index >= 15 is 0 Å². The van der Waals surface area contributed by atoms with Crippen molar-refractivity contribution >= 4 is 5.69 Å². The molecule has 3 rings (SSSR count). The Balaban J connectivity index is 1.87. The van der Waals surface area contributed by atoms with Gasteiger partial charge in [0.05, 0.1) is 12.2 Å². The third-order valence-corrected chi connectivity index (χ3v) is 3.49. The van der Waals surface area contributed by atoms with Crippen LogP contribution in [0.25, 0.3) is 0 Å². The molecule has 0 aliphatic carbocycles. The zero-order chi connectivity index (χ0) is 16.1. The van der Waals surface area contributed by atoms with Crippen LogP contribution < -0.4 is 9.90 Å². The summed E-state index contributed by atoms with van der Waals surface area (Å²) < 4.78 is 13.1. The summed E-state index contributed by atoms with van der Waals surface area (Å²) in [7, 11) is 0. The highest BCUT2D eigenvalue weighted by Crippen LogP contribution is 2.22. The van der Waals surface area contributed by atoms with Crippen molar-refractivity contribution in [2.24, 2.45) is 0 Å². The Morgan fingerprint density at radius 1 is 0.870 bits per heavy atom. The van der Waals surface area contributed by atoms with Crippen LogP contribution in [0.3, 0.4) is 0 Å². The van der Waals surface area contributed by atoms with E-state index in [9.17, 15) is 4.39 Å². The first-order chi connectivity index (χ1) is 11.2. The van der Waals surface area contributed by atoms with Gasteiger partial charge >= 0.3 is 0 Å². The van der Waals surface area contributed by atoms with Gasteiger partial charge in [0.2, 0.25) is 0 Å². The summed E-state index contributed by atoms with van der Waals surface area (Å²) >= 11 is 0. The van der Waals surface area contributed by atoms with Gasteiger partial charge < -0.3 is 4.84 Å².